The number of hydrogen-bond donors (Lipinski definition) is 3. The second kappa shape index (κ2) is 9.06. The molecule has 0 spiro atoms. The molecule has 4 rings (SSSR count). The van der Waals surface area contributed by atoms with Crippen LogP contribution in [0.5, 0.6) is 5.75 Å². The van der Waals surface area contributed by atoms with Crippen molar-refractivity contribution in [3.05, 3.63) is 28.7 Å². The number of anilines is 1. The van der Waals surface area contributed by atoms with Crippen molar-refractivity contribution in [1.82, 2.24) is 20.6 Å². The molecule has 33 heavy (non-hydrogen) atoms. The first kappa shape index (κ1) is 23.7. The van der Waals surface area contributed by atoms with Crippen LogP contribution in [-0.4, -0.2) is 44.3 Å². The van der Waals surface area contributed by atoms with E-state index < -0.39 is 12.6 Å². The fraction of sp³-hybridized carbons (Fsp3) is 0.478. The van der Waals surface area contributed by atoms with E-state index in [0.29, 0.717) is 37.8 Å². The Bertz CT molecular complexity index is 1130. The van der Waals surface area contributed by atoms with Gasteiger partial charge in [-0.05, 0) is 68.9 Å². The number of halogens is 1. The molecule has 176 valence electrons. The average Bonchev–Trinajstić information content (AvgIpc) is 3.32. The van der Waals surface area contributed by atoms with E-state index in [2.05, 4.69) is 81.7 Å². The van der Waals surface area contributed by atoms with Crippen molar-refractivity contribution in [1.29, 1.82) is 0 Å². The summed E-state index contributed by atoms with van der Waals surface area (Å²) in [5.74, 6) is -0.306. The number of nitrogens with one attached hydrogen (secondary N) is 2. The summed E-state index contributed by atoms with van der Waals surface area (Å²) in [5.41, 5.74) is 2.63. The van der Waals surface area contributed by atoms with Crippen molar-refractivity contribution < 1.29 is 14.6 Å². The van der Waals surface area contributed by atoms with Gasteiger partial charge in [0.1, 0.15) is 4.88 Å². The molecule has 0 radical (unpaired) electrons. The SMILES string of the molecule is CC1(C)CC(Nc2cccc(-c3sc(-c4nn[nH]n4)c(OCC(=O)O)c3Br)c2)CC(C)(C)C1. The molecule has 3 aromatic rings. The van der Waals surface area contributed by atoms with Gasteiger partial charge in [0.2, 0.25) is 5.82 Å². The summed E-state index contributed by atoms with van der Waals surface area (Å²) in [4.78, 5) is 12.6. The lowest BCUT2D eigenvalue weighted by Crippen LogP contribution is -2.40. The van der Waals surface area contributed by atoms with Crippen LogP contribution in [0.1, 0.15) is 47.0 Å². The number of tetrazole rings is 1. The topological polar surface area (TPSA) is 113 Å². The van der Waals surface area contributed by atoms with Crippen LogP contribution in [-0.2, 0) is 4.79 Å². The summed E-state index contributed by atoms with van der Waals surface area (Å²) in [6.45, 7) is 8.92. The number of aromatic amines is 1. The molecule has 0 atom stereocenters. The van der Waals surface area contributed by atoms with E-state index in [1.54, 1.807) is 0 Å². The first-order valence-corrected chi connectivity index (χ1v) is 12.4. The van der Waals surface area contributed by atoms with Crippen LogP contribution in [0, 0.1) is 10.8 Å². The molecule has 0 amide bonds. The molecule has 1 aliphatic rings. The molecule has 2 aromatic heterocycles. The second-order valence-electron chi connectivity index (χ2n) is 10.2. The maximum absolute atomic E-state index is 11.1. The number of aliphatic carboxylic acids is 1. The first-order chi connectivity index (χ1) is 15.5. The molecular weight excluding hydrogens is 506 g/mol. The zero-order valence-corrected chi connectivity index (χ0v) is 21.5. The van der Waals surface area contributed by atoms with Crippen LogP contribution in [0.15, 0.2) is 28.7 Å². The molecule has 0 aliphatic heterocycles. The third-order valence-corrected chi connectivity index (χ3v) is 7.98. The summed E-state index contributed by atoms with van der Waals surface area (Å²) < 4.78 is 6.25. The Kier molecular flexibility index (Phi) is 6.50. The summed E-state index contributed by atoms with van der Waals surface area (Å²) in [6.07, 6.45) is 3.47. The molecule has 0 saturated heterocycles. The Balaban J connectivity index is 1.64. The number of carboxylic acids is 1. The van der Waals surface area contributed by atoms with Crippen molar-refractivity contribution in [2.45, 2.75) is 53.0 Å². The summed E-state index contributed by atoms with van der Waals surface area (Å²) in [7, 11) is 0. The molecule has 0 unspecified atom stereocenters. The Labute approximate surface area is 205 Å². The lowest BCUT2D eigenvalue weighted by Gasteiger charge is -2.45. The van der Waals surface area contributed by atoms with E-state index in [9.17, 15) is 4.79 Å². The number of ether oxygens (including phenoxy) is 1. The summed E-state index contributed by atoms with van der Waals surface area (Å²) >= 11 is 5.04. The number of carboxylic acid groups (broad SMARTS) is 1. The standard InChI is InChI=1S/C23H28BrN5O3S/c1-22(2)9-15(10-23(3,4)12-22)25-14-7-5-6-13(8-14)19-17(24)18(32-11-16(30)31)20(33-19)21-26-28-29-27-21/h5-8,15,25H,9-12H2,1-4H3,(H,30,31)(H,26,27,28,29). The van der Waals surface area contributed by atoms with E-state index in [0.717, 1.165) is 29.0 Å². The number of rotatable bonds is 7. The van der Waals surface area contributed by atoms with Gasteiger partial charge in [0, 0.05) is 11.7 Å². The zero-order chi connectivity index (χ0) is 23.8. The van der Waals surface area contributed by atoms with Crippen LogP contribution in [0.4, 0.5) is 5.69 Å². The highest BCUT2D eigenvalue weighted by Crippen LogP contribution is 2.50. The molecular formula is C23H28BrN5O3S. The third kappa shape index (κ3) is 5.55. The Hall–Kier alpha value is -2.46. The van der Waals surface area contributed by atoms with Gasteiger partial charge in [-0.1, -0.05) is 39.8 Å². The number of aromatic nitrogens is 4. The van der Waals surface area contributed by atoms with Gasteiger partial charge >= 0.3 is 5.97 Å². The van der Waals surface area contributed by atoms with E-state index in [1.807, 2.05) is 12.1 Å². The fourth-order valence-electron chi connectivity index (χ4n) is 5.18. The Morgan fingerprint density at radius 3 is 2.64 bits per heavy atom. The zero-order valence-electron chi connectivity index (χ0n) is 19.1. The van der Waals surface area contributed by atoms with Gasteiger partial charge in [0.05, 0.1) is 9.35 Å². The fourth-order valence-corrected chi connectivity index (χ4v) is 7.16. The quantitative estimate of drug-likeness (QED) is 0.349. The molecule has 1 aliphatic carbocycles. The third-order valence-electron chi connectivity index (χ3n) is 5.75. The largest absolute Gasteiger partial charge is 0.479 e. The van der Waals surface area contributed by atoms with Crippen LogP contribution in [0.25, 0.3) is 21.1 Å². The number of nitrogens with zero attached hydrogens (tertiary/aromatic N) is 3. The van der Waals surface area contributed by atoms with E-state index in [4.69, 9.17) is 9.84 Å². The van der Waals surface area contributed by atoms with Crippen LogP contribution < -0.4 is 10.1 Å². The summed E-state index contributed by atoms with van der Waals surface area (Å²) in [5, 5.41) is 27.0. The van der Waals surface area contributed by atoms with Gasteiger partial charge in [-0.3, -0.25) is 0 Å². The molecule has 1 fully saturated rings. The monoisotopic (exact) mass is 533 g/mol. The van der Waals surface area contributed by atoms with E-state index >= 15 is 0 Å². The van der Waals surface area contributed by atoms with Crippen molar-refractivity contribution in [3.63, 3.8) is 0 Å². The molecule has 10 heteroatoms. The minimum atomic E-state index is -1.06. The minimum Gasteiger partial charge on any atom is -0.479 e. The number of benzene rings is 1. The lowest BCUT2D eigenvalue weighted by molar-refractivity contribution is -0.139. The maximum Gasteiger partial charge on any atom is 0.341 e. The maximum atomic E-state index is 11.1. The highest BCUT2D eigenvalue weighted by molar-refractivity contribution is 9.10. The average molecular weight is 534 g/mol. The summed E-state index contributed by atoms with van der Waals surface area (Å²) in [6, 6.07) is 8.65. The molecule has 0 bridgehead atoms. The predicted octanol–water partition coefficient (Wildman–Crippen LogP) is 5.84. The Morgan fingerprint density at radius 2 is 2.00 bits per heavy atom. The van der Waals surface area contributed by atoms with Crippen molar-refractivity contribution >= 4 is 38.9 Å². The number of thiophene rings is 1. The van der Waals surface area contributed by atoms with Crippen molar-refractivity contribution in [3.8, 4) is 26.9 Å². The molecule has 8 nitrogen and oxygen atoms in total. The second-order valence-corrected chi connectivity index (χ2v) is 12.0. The Morgan fingerprint density at radius 1 is 1.27 bits per heavy atom. The number of carbonyl (C=O) groups is 1. The van der Waals surface area contributed by atoms with E-state index in [1.165, 1.54) is 17.8 Å². The smallest absolute Gasteiger partial charge is 0.341 e. The minimum absolute atomic E-state index is 0.295. The van der Waals surface area contributed by atoms with Gasteiger partial charge in [-0.25, -0.2) is 4.79 Å². The first-order valence-electron chi connectivity index (χ1n) is 10.8. The van der Waals surface area contributed by atoms with Crippen LogP contribution in [0.2, 0.25) is 0 Å². The van der Waals surface area contributed by atoms with Crippen LogP contribution in [0.3, 0.4) is 0 Å². The highest BCUT2D eigenvalue weighted by Gasteiger charge is 2.38. The highest BCUT2D eigenvalue weighted by atomic mass is 79.9. The van der Waals surface area contributed by atoms with Gasteiger partial charge in [0.15, 0.2) is 12.4 Å². The van der Waals surface area contributed by atoms with Gasteiger partial charge < -0.3 is 15.2 Å². The normalized spacial score (nSPS) is 17.6. The molecule has 3 N–H and O–H groups in total. The molecule has 1 saturated carbocycles. The van der Waals surface area contributed by atoms with Gasteiger partial charge in [-0.2, -0.15) is 5.21 Å². The van der Waals surface area contributed by atoms with Gasteiger partial charge in [-0.15, -0.1) is 21.5 Å². The molecule has 2 heterocycles. The molecule has 1 aromatic carbocycles. The number of hydrogen-bond acceptors (Lipinski definition) is 7. The lowest BCUT2D eigenvalue weighted by atomic mass is 9.63. The van der Waals surface area contributed by atoms with Crippen LogP contribution >= 0.6 is 27.3 Å². The predicted molar refractivity (Wildman–Crippen MR) is 133 cm³/mol. The van der Waals surface area contributed by atoms with Crippen molar-refractivity contribution in [2.24, 2.45) is 10.8 Å². The van der Waals surface area contributed by atoms with E-state index in [-0.39, 0.29) is 0 Å². The number of H-pyrrole nitrogens is 1. The van der Waals surface area contributed by atoms with Crippen molar-refractivity contribution in [2.75, 3.05) is 11.9 Å². The van der Waals surface area contributed by atoms with Gasteiger partial charge in [0.25, 0.3) is 0 Å².